The highest BCUT2D eigenvalue weighted by Crippen LogP contribution is 2.37. The lowest BCUT2D eigenvalue weighted by Gasteiger charge is -1.98. The summed E-state index contributed by atoms with van der Waals surface area (Å²) in [6.07, 6.45) is 0. The number of carbonyl (C=O) groups excluding carboxylic acids is 1. The number of anilines is 1. The minimum atomic E-state index is -0.454. The van der Waals surface area contributed by atoms with Crippen LogP contribution in [0.25, 0.3) is 0 Å². The SMILES string of the molecule is CCOC(=O)c1sc(SCC)c(C#N)c1N. The number of thiophene rings is 1. The fourth-order valence-corrected chi connectivity index (χ4v) is 3.31. The van der Waals surface area contributed by atoms with Crippen molar-refractivity contribution in [2.24, 2.45) is 0 Å². The molecular formula is C10H12N2O2S2. The number of hydrogen-bond acceptors (Lipinski definition) is 6. The van der Waals surface area contributed by atoms with Crippen LogP contribution in [0.2, 0.25) is 0 Å². The van der Waals surface area contributed by atoms with Gasteiger partial charge in [0.05, 0.1) is 16.5 Å². The number of rotatable bonds is 4. The zero-order chi connectivity index (χ0) is 12.1. The summed E-state index contributed by atoms with van der Waals surface area (Å²) in [7, 11) is 0. The number of ether oxygens (including phenoxy) is 1. The van der Waals surface area contributed by atoms with E-state index in [-0.39, 0.29) is 5.69 Å². The Bertz CT molecular complexity index is 435. The average Bonchev–Trinajstić information content (AvgIpc) is 2.56. The fraction of sp³-hybridized carbons (Fsp3) is 0.400. The molecule has 0 saturated carbocycles. The summed E-state index contributed by atoms with van der Waals surface area (Å²) >= 11 is 2.73. The number of esters is 1. The Balaban J connectivity index is 3.13. The number of nitrogens with two attached hydrogens (primary N) is 1. The van der Waals surface area contributed by atoms with E-state index in [1.165, 1.54) is 23.1 Å². The lowest BCUT2D eigenvalue weighted by atomic mass is 10.3. The Morgan fingerprint density at radius 1 is 1.62 bits per heavy atom. The maximum atomic E-state index is 11.5. The van der Waals surface area contributed by atoms with E-state index in [0.29, 0.717) is 17.0 Å². The first-order chi connectivity index (χ1) is 7.65. The van der Waals surface area contributed by atoms with Crippen LogP contribution in [0.1, 0.15) is 29.1 Å². The first kappa shape index (κ1) is 12.9. The molecule has 0 bridgehead atoms. The van der Waals surface area contributed by atoms with E-state index in [0.717, 1.165) is 9.96 Å². The van der Waals surface area contributed by atoms with E-state index < -0.39 is 5.97 Å². The Hall–Kier alpha value is -1.19. The molecule has 0 aliphatic heterocycles. The van der Waals surface area contributed by atoms with Gasteiger partial charge in [0.1, 0.15) is 16.5 Å². The van der Waals surface area contributed by atoms with Crippen LogP contribution >= 0.6 is 23.1 Å². The van der Waals surface area contributed by atoms with Gasteiger partial charge in [-0.15, -0.1) is 23.1 Å². The molecular weight excluding hydrogens is 244 g/mol. The standard InChI is InChI=1S/C10H12N2O2S2/c1-3-14-9(13)8-7(12)6(5-11)10(16-8)15-4-2/h3-4,12H2,1-2H3. The molecule has 1 aromatic rings. The lowest BCUT2D eigenvalue weighted by Crippen LogP contribution is -2.05. The molecule has 0 spiro atoms. The number of hydrogen-bond donors (Lipinski definition) is 1. The molecule has 0 aliphatic carbocycles. The van der Waals surface area contributed by atoms with Gasteiger partial charge in [-0.3, -0.25) is 0 Å². The maximum Gasteiger partial charge on any atom is 0.350 e. The highest BCUT2D eigenvalue weighted by molar-refractivity contribution is 8.01. The van der Waals surface area contributed by atoms with Gasteiger partial charge in [-0.05, 0) is 12.7 Å². The second-order valence-corrected chi connectivity index (χ2v) is 5.33. The second-order valence-electron chi connectivity index (χ2n) is 2.77. The lowest BCUT2D eigenvalue weighted by molar-refractivity contribution is 0.0533. The third-order valence-corrected chi connectivity index (χ3v) is 4.10. The first-order valence-corrected chi connectivity index (χ1v) is 6.58. The van der Waals surface area contributed by atoms with E-state index in [2.05, 4.69) is 0 Å². The predicted octanol–water partition coefficient (Wildman–Crippen LogP) is 2.49. The van der Waals surface area contributed by atoms with Crippen molar-refractivity contribution in [3.63, 3.8) is 0 Å². The molecule has 1 heterocycles. The number of nitrogen functional groups attached to an aromatic ring is 1. The van der Waals surface area contributed by atoms with Gasteiger partial charge in [-0.1, -0.05) is 6.92 Å². The fourth-order valence-electron chi connectivity index (χ4n) is 1.11. The van der Waals surface area contributed by atoms with Crippen LogP contribution in [0.3, 0.4) is 0 Å². The molecule has 16 heavy (non-hydrogen) atoms. The Labute approximate surface area is 102 Å². The van der Waals surface area contributed by atoms with Gasteiger partial charge in [-0.25, -0.2) is 4.79 Å². The summed E-state index contributed by atoms with van der Waals surface area (Å²) in [4.78, 5) is 11.9. The molecule has 0 fully saturated rings. The summed E-state index contributed by atoms with van der Waals surface area (Å²) in [6.45, 7) is 4.01. The van der Waals surface area contributed by atoms with Gasteiger partial charge in [0.25, 0.3) is 0 Å². The summed E-state index contributed by atoms with van der Waals surface area (Å²) in [5.41, 5.74) is 6.38. The van der Waals surface area contributed by atoms with Gasteiger partial charge < -0.3 is 10.5 Å². The quantitative estimate of drug-likeness (QED) is 0.661. The normalized spacial score (nSPS) is 9.81. The second kappa shape index (κ2) is 5.77. The Kier molecular flexibility index (Phi) is 4.65. The molecule has 1 rings (SSSR count). The highest BCUT2D eigenvalue weighted by atomic mass is 32.2. The predicted molar refractivity (Wildman–Crippen MR) is 65.8 cm³/mol. The average molecular weight is 256 g/mol. The minimum Gasteiger partial charge on any atom is -0.462 e. The highest BCUT2D eigenvalue weighted by Gasteiger charge is 2.21. The third-order valence-electron chi connectivity index (χ3n) is 1.76. The summed E-state index contributed by atoms with van der Waals surface area (Å²) in [6, 6.07) is 2.02. The van der Waals surface area contributed by atoms with Crippen LogP contribution in [0.5, 0.6) is 0 Å². The Morgan fingerprint density at radius 2 is 2.31 bits per heavy atom. The van der Waals surface area contributed by atoms with Crippen LogP contribution < -0.4 is 5.73 Å². The van der Waals surface area contributed by atoms with Crippen LogP contribution in [0.4, 0.5) is 5.69 Å². The van der Waals surface area contributed by atoms with Gasteiger partial charge in [0, 0.05) is 0 Å². The molecule has 0 saturated heterocycles. The molecule has 0 unspecified atom stereocenters. The third kappa shape index (κ3) is 2.49. The zero-order valence-electron chi connectivity index (χ0n) is 9.07. The monoisotopic (exact) mass is 256 g/mol. The van der Waals surface area contributed by atoms with E-state index in [9.17, 15) is 4.79 Å². The topological polar surface area (TPSA) is 76.1 Å². The molecule has 0 radical (unpaired) electrons. The van der Waals surface area contributed by atoms with Crippen molar-refractivity contribution in [3.8, 4) is 6.07 Å². The van der Waals surface area contributed by atoms with Crippen LogP contribution in [-0.4, -0.2) is 18.3 Å². The molecule has 6 heteroatoms. The van der Waals surface area contributed by atoms with Gasteiger partial charge in [0.15, 0.2) is 0 Å². The van der Waals surface area contributed by atoms with Crippen LogP contribution in [0.15, 0.2) is 4.21 Å². The molecule has 0 amide bonds. The molecule has 4 nitrogen and oxygen atoms in total. The van der Waals surface area contributed by atoms with Crippen molar-refractivity contribution >= 4 is 34.8 Å². The van der Waals surface area contributed by atoms with Crippen LogP contribution in [0, 0.1) is 11.3 Å². The number of nitriles is 1. The largest absolute Gasteiger partial charge is 0.462 e. The van der Waals surface area contributed by atoms with Crippen molar-refractivity contribution in [1.82, 2.24) is 0 Å². The Morgan fingerprint density at radius 3 is 2.81 bits per heavy atom. The first-order valence-electron chi connectivity index (χ1n) is 4.77. The van der Waals surface area contributed by atoms with Crippen molar-refractivity contribution in [3.05, 3.63) is 10.4 Å². The minimum absolute atomic E-state index is 0.238. The van der Waals surface area contributed by atoms with Crippen molar-refractivity contribution in [2.75, 3.05) is 18.1 Å². The van der Waals surface area contributed by atoms with E-state index >= 15 is 0 Å². The molecule has 86 valence electrons. The van der Waals surface area contributed by atoms with Crippen molar-refractivity contribution in [2.45, 2.75) is 18.1 Å². The summed E-state index contributed by atoms with van der Waals surface area (Å²) in [5.74, 6) is 0.376. The molecule has 0 aliphatic rings. The smallest absolute Gasteiger partial charge is 0.350 e. The molecule has 2 N–H and O–H groups in total. The summed E-state index contributed by atoms with van der Waals surface area (Å²) in [5, 5.41) is 8.96. The number of nitrogens with zero attached hydrogens (tertiary/aromatic N) is 1. The molecule has 1 aromatic heterocycles. The van der Waals surface area contributed by atoms with Gasteiger partial charge >= 0.3 is 5.97 Å². The zero-order valence-corrected chi connectivity index (χ0v) is 10.7. The van der Waals surface area contributed by atoms with Crippen LogP contribution in [-0.2, 0) is 4.74 Å². The number of carbonyl (C=O) groups is 1. The molecule has 0 atom stereocenters. The maximum absolute atomic E-state index is 11.5. The van der Waals surface area contributed by atoms with E-state index in [1.807, 2.05) is 13.0 Å². The van der Waals surface area contributed by atoms with E-state index in [4.69, 9.17) is 15.7 Å². The van der Waals surface area contributed by atoms with Gasteiger partial charge in [0.2, 0.25) is 0 Å². The van der Waals surface area contributed by atoms with Crippen molar-refractivity contribution < 1.29 is 9.53 Å². The van der Waals surface area contributed by atoms with E-state index in [1.54, 1.807) is 6.92 Å². The van der Waals surface area contributed by atoms with Gasteiger partial charge in [-0.2, -0.15) is 5.26 Å². The number of thioether (sulfide) groups is 1. The van der Waals surface area contributed by atoms with Crippen molar-refractivity contribution in [1.29, 1.82) is 5.26 Å². The molecule has 0 aromatic carbocycles. The summed E-state index contributed by atoms with van der Waals surface area (Å²) < 4.78 is 5.66.